The van der Waals surface area contributed by atoms with Crippen molar-refractivity contribution in [3.8, 4) is 23.3 Å². The molecular formula is C24H22N4O7S2. The first kappa shape index (κ1) is 27.3. The number of nitrogens with one attached hydrogen (secondary N) is 1. The van der Waals surface area contributed by atoms with E-state index in [1.165, 1.54) is 58.4 Å². The van der Waals surface area contributed by atoms with Crippen molar-refractivity contribution in [2.75, 3.05) is 19.5 Å². The Morgan fingerprint density at radius 2 is 1.86 bits per heavy atom. The number of carbonyl (C=O) groups excluding carboxylic acids is 2. The van der Waals surface area contributed by atoms with Crippen molar-refractivity contribution >= 4 is 44.5 Å². The molecule has 3 rings (SSSR count). The van der Waals surface area contributed by atoms with Gasteiger partial charge < -0.3 is 14.2 Å². The molecule has 3 aromatic rings. The summed E-state index contributed by atoms with van der Waals surface area (Å²) in [5.41, 5.74) is 0.395. The van der Waals surface area contributed by atoms with Crippen LogP contribution in [0.5, 0.6) is 17.2 Å². The summed E-state index contributed by atoms with van der Waals surface area (Å²) < 4.78 is 44.0. The maximum atomic E-state index is 12.6. The van der Waals surface area contributed by atoms with Crippen LogP contribution in [0, 0.1) is 11.3 Å². The minimum atomic E-state index is -3.71. The molecule has 2 aromatic carbocycles. The van der Waals surface area contributed by atoms with Gasteiger partial charge in [0.05, 0.1) is 25.0 Å². The van der Waals surface area contributed by atoms with E-state index in [9.17, 15) is 23.3 Å². The maximum absolute atomic E-state index is 12.6. The van der Waals surface area contributed by atoms with Crippen molar-refractivity contribution in [2.45, 2.75) is 24.3 Å². The van der Waals surface area contributed by atoms with E-state index in [1.807, 2.05) is 0 Å². The lowest BCUT2D eigenvalue weighted by Crippen LogP contribution is -2.16. The number of anilines is 1. The molecule has 0 fully saturated rings. The third-order valence-electron chi connectivity index (χ3n) is 4.87. The van der Waals surface area contributed by atoms with Gasteiger partial charge in [-0.15, -0.1) is 0 Å². The molecule has 0 aliphatic rings. The monoisotopic (exact) mass is 542 g/mol. The Morgan fingerprint density at radius 3 is 2.51 bits per heavy atom. The van der Waals surface area contributed by atoms with Gasteiger partial charge in [-0.25, -0.2) is 13.2 Å². The Labute approximate surface area is 217 Å². The normalized spacial score (nSPS) is 11.5. The van der Waals surface area contributed by atoms with Crippen LogP contribution in [0.15, 0.2) is 53.2 Å². The van der Waals surface area contributed by atoms with Crippen LogP contribution in [-0.2, 0) is 14.6 Å². The molecule has 11 nitrogen and oxygen atoms in total. The molecule has 13 heteroatoms. The second kappa shape index (κ2) is 11.6. The van der Waals surface area contributed by atoms with Gasteiger partial charge in [-0.2, -0.15) is 14.6 Å². The van der Waals surface area contributed by atoms with Crippen molar-refractivity contribution in [3.63, 3.8) is 0 Å². The molecule has 0 atom stereocenters. The van der Waals surface area contributed by atoms with E-state index < -0.39 is 32.1 Å². The smallest absolute Gasteiger partial charge is 0.343 e. The van der Waals surface area contributed by atoms with Gasteiger partial charge >= 0.3 is 5.97 Å². The third-order valence-corrected chi connectivity index (χ3v) is 7.55. The minimum absolute atomic E-state index is 0.0669. The molecule has 1 N–H and O–H groups in total. The highest BCUT2D eigenvalue weighted by Crippen LogP contribution is 2.30. The lowest BCUT2D eigenvalue weighted by atomic mass is 10.1. The third kappa shape index (κ3) is 6.49. The predicted molar refractivity (Wildman–Crippen MR) is 135 cm³/mol. The van der Waals surface area contributed by atoms with Gasteiger partial charge in [-0.05, 0) is 55.8 Å². The predicted octanol–water partition coefficient (Wildman–Crippen LogP) is 3.50. The standard InChI is InChI=1S/C24H22N4O7S2/c1-14(2)37(31,32)24-27-23(36-28-24)26-21(29)17(13-25)10-15-8-9-19(20(11-15)34-4)35-22(30)16-6-5-7-18(12-16)33-3/h5-12,14H,1-4H3,(H,26,27,28,29)/b17-10-. The van der Waals surface area contributed by atoms with Crippen LogP contribution in [0.4, 0.5) is 5.13 Å². The van der Waals surface area contributed by atoms with E-state index in [0.29, 0.717) is 22.8 Å². The highest BCUT2D eigenvalue weighted by atomic mass is 32.2. The summed E-state index contributed by atoms with van der Waals surface area (Å²) in [5.74, 6) is -0.623. The van der Waals surface area contributed by atoms with Gasteiger partial charge in [0.25, 0.3) is 11.1 Å². The van der Waals surface area contributed by atoms with Gasteiger partial charge in [0.1, 0.15) is 17.4 Å². The van der Waals surface area contributed by atoms with Gasteiger partial charge in [0, 0.05) is 11.5 Å². The summed E-state index contributed by atoms with van der Waals surface area (Å²) in [6, 6.07) is 12.7. The number of methoxy groups -OCH3 is 2. The first-order valence-corrected chi connectivity index (χ1v) is 13.0. The van der Waals surface area contributed by atoms with Crippen molar-refractivity contribution in [1.82, 2.24) is 9.36 Å². The average Bonchev–Trinajstić information content (AvgIpc) is 3.37. The lowest BCUT2D eigenvalue weighted by Gasteiger charge is -2.11. The van der Waals surface area contributed by atoms with Gasteiger partial charge in [-0.3, -0.25) is 10.1 Å². The number of esters is 1. The number of nitriles is 1. The molecule has 0 aliphatic carbocycles. The van der Waals surface area contributed by atoms with Crippen LogP contribution in [0.3, 0.4) is 0 Å². The van der Waals surface area contributed by atoms with E-state index in [0.717, 1.165) is 0 Å². The molecule has 1 heterocycles. The quantitative estimate of drug-likeness (QED) is 0.184. The van der Waals surface area contributed by atoms with Crippen LogP contribution >= 0.6 is 11.5 Å². The SMILES string of the molecule is COc1cccc(C(=O)Oc2ccc(/C=C(/C#N)C(=O)Nc3nc(S(=O)(=O)C(C)C)ns3)cc2OC)c1. The fraction of sp³-hybridized carbons (Fsp3) is 0.208. The number of aromatic nitrogens is 2. The highest BCUT2D eigenvalue weighted by Gasteiger charge is 2.25. The number of nitrogens with zero attached hydrogens (tertiary/aromatic N) is 3. The number of amides is 1. The molecule has 0 aliphatic heterocycles. The number of carbonyl (C=O) groups is 2. The number of ether oxygens (including phenoxy) is 3. The van der Waals surface area contributed by atoms with E-state index in [-0.39, 0.29) is 27.8 Å². The van der Waals surface area contributed by atoms with Crippen LogP contribution in [0.1, 0.15) is 29.8 Å². The molecule has 0 saturated carbocycles. The van der Waals surface area contributed by atoms with E-state index in [1.54, 1.807) is 24.3 Å². The van der Waals surface area contributed by atoms with Crippen molar-refractivity contribution in [3.05, 3.63) is 59.2 Å². The number of rotatable bonds is 9. The summed E-state index contributed by atoms with van der Waals surface area (Å²) in [7, 11) is -0.846. The topological polar surface area (TPSA) is 158 Å². The summed E-state index contributed by atoms with van der Waals surface area (Å²) in [6.45, 7) is 2.98. The molecule has 37 heavy (non-hydrogen) atoms. The van der Waals surface area contributed by atoms with Crippen LogP contribution < -0.4 is 19.5 Å². The molecule has 0 radical (unpaired) electrons. The Bertz CT molecular complexity index is 1510. The zero-order chi connectivity index (χ0) is 27.2. The van der Waals surface area contributed by atoms with Crippen molar-refractivity contribution < 1.29 is 32.2 Å². The second-order valence-electron chi connectivity index (χ2n) is 7.63. The van der Waals surface area contributed by atoms with E-state index in [2.05, 4.69) is 14.7 Å². The highest BCUT2D eigenvalue weighted by molar-refractivity contribution is 7.91. The van der Waals surface area contributed by atoms with E-state index >= 15 is 0 Å². The largest absolute Gasteiger partial charge is 0.497 e. The zero-order valence-electron chi connectivity index (χ0n) is 20.2. The van der Waals surface area contributed by atoms with Crippen molar-refractivity contribution in [2.24, 2.45) is 0 Å². The zero-order valence-corrected chi connectivity index (χ0v) is 21.8. The van der Waals surface area contributed by atoms with Gasteiger partial charge in [0.15, 0.2) is 11.5 Å². The van der Waals surface area contributed by atoms with Gasteiger partial charge in [0.2, 0.25) is 15.0 Å². The van der Waals surface area contributed by atoms with E-state index in [4.69, 9.17) is 14.2 Å². The summed E-state index contributed by atoms with van der Waals surface area (Å²) >= 11 is 0.685. The molecule has 0 saturated heterocycles. The fourth-order valence-electron chi connectivity index (χ4n) is 2.83. The lowest BCUT2D eigenvalue weighted by molar-refractivity contribution is -0.112. The Kier molecular flexibility index (Phi) is 8.59. The molecule has 0 unspecified atom stereocenters. The molecule has 0 spiro atoms. The number of sulfone groups is 1. The summed E-state index contributed by atoms with van der Waals surface area (Å²) in [4.78, 5) is 29.0. The average molecular weight is 543 g/mol. The number of hydrogen-bond donors (Lipinski definition) is 1. The molecule has 0 bridgehead atoms. The number of hydrogen-bond acceptors (Lipinski definition) is 11. The first-order chi connectivity index (χ1) is 17.6. The Balaban J connectivity index is 1.78. The molecule has 192 valence electrons. The van der Waals surface area contributed by atoms with Crippen LogP contribution in [0.2, 0.25) is 0 Å². The second-order valence-corrected chi connectivity index (χ2v) is 10.8. The maximum Gasteiger partial charge on any atom is 0.343 e. The van der Waals surface area contributed by atoms with Crippen LogP contribution in [-0.4, -0.2) is 49.1 Å². The first-order valence-electron chi connectivity index (χ1n) is 10.6. The Morgan fingerprint density at radius 1 is 1.11 bits per heavy atom. The van der Waals surface area contributed by atoms with Crippen molar-refractivity contribution in [1.29, 1.82) is 5.26 Å². The summed E-state index contributed by atoms with van der Waals surface area (Å²) in [5, 5.41) is 10.7. The minimum Gasteiger partial charge on any atom is -0.497 e. The number of benzene rings is 2. The van der Waals surface area contributed by atoms with Crippen LogP contribution in [0.25, 0.3) is 6.08 Å². The Hall–Kier alpha value is -4.28. The molecule has 1 amide bonds. The van der Waals surface area contributed by atoms with Gasteiger partial charge in [-0.1, -0.05) is 12.1 Å². The summed E-state index contributed by atoms with van der Waals surface area (Å²) in [6.07, 6.45) is 1.29. The fourth-order valence-corrected chi connectivity index (χ4v) is 4.53. The molecular weight excluding hydrogens is 520 g/mol. The molecule has 1 aromatic heterocycles.